The summed E-state index contributed by atoms with van der Waals surface area (Å²) in [5, 5.41) is 21.3. The minimum atomic E-state index is -6.03. The first-order chi connectivity index (χ1) is 13.1. The number of hydrogen-bond donors (Lipinski definition) is 3. The van der Waals surface area contributed by atoms with Crippen molar-refractivity contribution in [2.45, 2.75) is 31.8 Å². The summed E-state index contributed by atoms with van der Waals surface area (Å²) in [7, 11) is -17.3. The van der Waals surface area contributed by atoms with Crippen LogP contribution in [0.4, 0.5) is 0 Å². The van der Waals surface area contributed by atoms with Gasteiger partial charge in [0.05, 0.1) is 20.5 Å². The molecule has 3 unspecified atom stereocenters. The molecule has 0 spiro atoms. The van der Waals surface area contributed by atoms with E-state index in [1.807, 2.05) is 0 Å². The summed E-state index contributed by atoms with van der Waals surface area (Å²) >= 11 is 0. The van der Waals surface area contributed by atoms with Crippen LogP contribution in [-0.2, 0) is 31.6 Å². The van der Waals surface area contributed by atoms with E-state index in [2.05, 4.69) is 18.1 Å². The number of phosphoric acid groups is 3. The molecule has 1 aliphatic heterocycles. The van der Waals surface area contributed by atoms with Gasteiger partial charge in [0.1, 0.15) is 12.3 Å². The fourth-order valence-corrected chi connectivity index (χ4v) is 5.22. The van der Waals surface area contributed by atoms with Crippen molar-refractivity contribution in [2.24, 2.45) is 0 Å². The van der Waals surface area contributed by atoms with Crippen molar-refractivity contribution in [3.63, 3.8) is 0 Å². The molecule has 0 radical (unpaired) electrons. The van der Waals surface area contributed by atoms with Crippen molar-refractivity contribution in [1.82, 2.24) is 9.55 Å². The standard InChI is InChI=1S/C10H17N2O14P3.3Na/c1-5-3-12(10(15)11-9(5)14)8-2-6(13)7(24-8)4-23-28(19,20)26-29(21,22)25-27(16,17)18;;;/h3,6-8,13H,2,4H2,1H3,(H,19,20)(H,21,22)(H,11,14,15)(H2,16,17,18);;;/q;3*+1/p-3/t6?,7-,8-;;;/m1.../s1. The number of aliphatic hydroxyl groups is 1. The number of aromatic nitrogens is 2. The van der Waals surface area contributed by atoms with Crippen molar-refractivity contribution in [1.29, 1.82) is 0 Å². The van der Waals surface area contributed by atoms with E-state index >= 15 is 0 Å². The van der Waals surface area contributed by atoms with Gasteiger partial charge in [-0.15, -0.1) is 0 Å². The summed E-state index contributed by atoms with van der Waals surface area (Å²) in [4.78, 5) is 54.0. The second-order valence-electron chi connectivity index (χ2n) is 5.69. The third-order valence-electron chi connectivity index (χ3n) is 3.41. The van der Waals surface area contributed by atoms with E-state index in [0.29, 0.717) is 0 Å². The molecule has 1 aliphatic rings. The van der Waals surface area contributed by atoms with E-state index in [4.69, 9.17) is 9.63 Å². The summed E-state index contributed by atoms with van der Waals surface area (Å²) in [6.07, 6.45) is -2.87. The van der Waals surface area contributed by atoms with Gasteiger partial charge in [-0.3, -0.25) is 13.4 Å². The molecule has 1 aromatic rings. The molecule has 0 amide bonds. The minimum absolute atomic E-state index is 0. The smallest absolute Gasteiger partial charge is 0.858 e. The second kappa shape index (κ2) is 14.1. The van der Waals surface area contributed by atoms with Crippen LogP contribution in [0, 0.1) is 6.92 Å². The monoisotopic (exact) mass is 548 g/mol. The Balaban J connectivity index is 0. The maximum atomic E-state index is 11.8. The van der Waals surface area contributed by atoms with E-state index in [1.54, 1.807) is 0 Å². The Morgan fingerprint density at radius 2 is 1.75 bits per heavy atom. The third-order valence-corrected chi connectivity index (χ3v) is 7.17. The Hall–Kier alpha value is 2.01. The zero-order chi connectivity index (χ0) is 22.2. The zero-order valence-corrected chi connectivity index (χ0v) is 26.0. The van der Waals surface area contributed by atoms with Crippen molar-refractivity contribution < 1.29 is 150 Å². The van der Waals surface area contributed by atoms with E-state index in [-0.39, 0.29) is 101 Å². The number of aryl methyl sites for hydroxylation is 1. The van der Waals surface area contributed by atoms with Gasteiger partial charge in [-0.1, -0.05) is 0 Å². The van der Waals surface area contributed by atoms with Crippen LogP contribution in [0.2, 0.25) is 0 Å². The summed E-state index contributed by atoms with van der Waals surface area (Å²) in [5.74, 6) is -0.751. The fraction of sp³-hybridized carbons (Fsp3) is 0.600. The molecular weight excluding hydrogens is 534 g/mol. The Morgan fingerprint density at radius 3 is 2.28 bits per heavy atom. The Bertz CT molecular complexity index is 972. The molecule has 16 nitrogen and oxygen atoms in total. The number of rotatable bonds is 8. The summed E-state index contributed by atoms with van der Waals surface area (Å²) < 4.78 is 50.4. The third kappa shape index (κ3) is 11.4. The minimum Gasteiger partial charge on any atom is -0.858 e. The van der Waals surface area contributed by atoms with Crippen LogP contribution >= 0.6 is 23.5 Å². The molecule has 0 saturated carbocycles. The average Bonchev–Trinajstić information content (AvgIpc) is 2.86. The van der Waals surface area contributed by atoms with Crippen molar-refractivity contribution in [2.75, 3.05) is 6.61 Å². The SMILES string of the molecule is Cc1cn([C@H]2CC(O)[C@@H](COP(=O)(O)OP(=O)(O)OP(=O)([O-])[O-])O2)c(=O)nc1[O-].[Na+].[Na+].[Na+]. The van der Waals surface area contributed by atoms with Gasteiger partial charge in [0.25, 0.3) is 0 Å². The molecule has 3 N–H and O–H groups in total. The van der Waals surface area contributed by atoms with Crippen LogP contribution in [0.1, 0.15) is 18.2 Å². The first-order valence-corrected chi connectivity index (χ1v) is 11.9. The Labute approximate surface area is 247 Å². The van der Waals surface area contributed by atoms with Gasteiger partial charge in [-0.25, -0.2) is 18.9 Å². The number of nitrogens with zero attached hydrogens (tertiary/aromatic N) is 2. The second-order valence-corrected chi connectivity index (χ2v) is 10.0. The van der Waals surface area contributed by atoms with Gasteiger partial charge in [0, 0.05) is 12.6 Å². The summed E-state index contributed by atoms with van der Waals surface area (Å²) in [5.41, 5.74) is -0.850. The van der Waals surface area contributed by atoms with E-state index < -0.39 is 60.1 Å². The van der Waals surface area contributed by atoms with E-state index in [0.717, 1.165) is 10.8 Å². The maximum Gasteiger partial charge on any atom is 1.00 e. The molecule has 22 heteroatoms. The van der Waals surface area contributed by atoms with Crippen molar-refractivity contribution >= 4 is 23.5 Å². The van der Waals surface area contributed by atoms with Crippen LogP contribution in [0.3, 0.4) is 0 Å². The largest absolute Gasteiger partial charge is 1.00 e. The van der Waals surface area contributed by atoms with Crippen molar-refractivity contribution in [3.05, 3.63) is 22.2 Å². The fourth-order valence-electron chi connectivity index (χ4n) is 2.26. The van der Waals surface area contributed by atoms with E-state index in [9.17, 15) is 43.4 Å². The molecule has 1 aromatic heterocycles. The molecule has 166 valence electrons. The van der Waals surface area contributed by atoms with Crippen LogP contribution in [0.5, 0.6) is 5.88 Å². The zero-order valence-electron chi connectivity index (χ0n) is 17.3. The number of phosphoric ester groups is 1. The Morgan fingerprint density at radius 1 is 1.19 bits per heavy atom. The number of aliphatic hydroxyl groups excluding tert-OH is 1. The molecule has 2 heterocycles. The van der Waals surface area contributed by atoms with Crippen LogP contribution in [-0.4, -0.2) is 43.3 Å². The number of hydrogen-bond acceptors (Lipinski definition) is 13. The predicted octanol–water partition coefficient (Wildman–Crippen LogP) is -11.6. The quantitative estimate of drug-likeness (QED) is 0.201. The number of ether oxygens (including phenoxy) is 1. The average molecular weight is 548 g/mol. The molecular formula is C10H14N2Na3O14P3. The molecule has 1 fully saturated rings. The van der Waals surface area contributed by atoms with Gasteiger partial charge in [-0.05, 0) is 18.4 Å². The first kappa shape index (κ1) is 36.2. The van der Waals surface area contributed by atoms with Gasteiger partial charge in [0.15, 0.2) is 0 Å². The van der Waals surface area contributed by atoms with Gasteiger partial charge in [0.2, 0.25) is 0 Å². The van der Waals surface area contributed by atoms with Crippen LogP contribution in [0.25, 0.3) is 0 Å². The predicted molar refractivity (Wildman–Crippen MR) is 82.6 cm³/mol. The molecule has 32 heavy (non-hydrogen) atoms. The Kier molecular flexibility index (Phi) is 15.9. The molecule has 0 aliphatic carbocycles. The topological polar surface area (TPSA) is 253 Å². The van der Waals surface area contributed by atoms with Gasteiger partial charge >= 0.3 is 110 Å². The normalized spacial score (nSPS) is 24.2. The molecule has 0 bridgehead atoms. The van der Waals surface area contributed by atoms with Gasteiger partial charge < -0.3 is 39.1 Å². The summed E-state index contributed by atoms with van der Waals surface area (Å²) in [6, 6.07) is 0. The molecule has 5 atom stereocenters. The van der Waals surface area contributed by atoms with E-state index in [1.165, 1.54) is 6.92 Å². The summed E-state index contributed by atoms with van der Waals surface area (Å²) in [6.45, 7) is 0.465. The van der Waals surface area contributed by atoms with Crippen molar-refractivity contribution in [3.8, 4) is 5.88 Å². The van der Waals surface area contributed by atoms with Gasteiger partial charge in [-0.2, -0.15) is 4.31 Å². The first-order valence-electron chi connectivity index (χ1n) is 7.44. The molecule has 0 aromatic carbocycles. The van der Waals surface area contributed by atoms with Crippen LogP contribution in [0.15, 0.2) is 11.0 Å². The van der Waals surface area contributed by atoms with Crippen LogP contribution < -0.4 is 109 Å². The molecule has 2 rings (SSSR count). The maximum absolute atomic E-state index is 11.8. The molecule has 1 saturated heterocycles.